The van der Waals surface area contributed by atoms with E-state index in [-0.39, 0.29) is 6.04 Å². The second-order valence-corrected chi connectivity index (χ2v) is 6.00. The number of para-hydroxylation sites is 1. The molecule has 3 aromatic rings. The van der Waals surface area contributed by atoms with E-state index in [1.165, 1.54) is 4.70 Å². The van der Waals surface area contributed by atoms with E-state index >= 15 is 0 Å². The van der Waals surface area contributed by atoms with Gasteiger partial charge in [0.25, 0.3) is 0 Å². The molecule has 0 spiro atoms. The quantitative estimate of drug-likeness (QED) is 0.787. The molecule has 2 heterocycles. The molecule has 1 atom stereocenters. The fourth-order valence-corrected chi connectivity index (χ4v) is 3.34. The van der Waals surface area contributed by atoms with Crippen LogP contribution in [-0.4, -0.2) is 11.8 Å². The normalized spacial score (nSPS) is 14.3. The standard InChI is InChI=1S/C16H14N2O2S/c1-10(11-6-7-13-14(8-11)20-9-19-13)17-16-18-12-4-2-3-5-15(12)21-16/h2-8,10H,9H2,1H3,(H,17,18). The molecular formula is C16H14N2O2S. The van der Waals surface area contributed by atoms with E-state index in [4.69, 9.17) is 9.47 Å². The van der Waals surface area contributed by atoms with Crippen LogP contribution in [0, 0.1) is 0 Å². The zero-order valence-corrected chi connectivity index (χ0v) is 12.3. The van der Waals surface area contributed by atoms with E-state index in [9.17, 15) is 0 Å². The molecule has 2 aromatic carbocycles. The Kier molecular flexibility index (Phi) is 2.93. The third-order valence-corrected chi connectivity index (χ3v) is 4.50. The zero-order chi connectivity index (χ0) is 14.2. The van der Waals surface area contributed by atoms with Gasteiger partial charge in [0.05, 0.1) is 16.3 Å². The van der Waals surface area contributed by atoms with Crippen molar-refractivity contribution in [3.05, 3.63) is 48.0 Å². The van der Waals surface area contributed by atoms with Crippen LogP contribution in [0.5, 0.6) is 11.5 Å². The molecule has 21 heavy (non-hydrogen) atoms. The minimum atomic E-state index is 0.153. The van der Waals surface area contributed by atoms with Gasteiger partial charge in [-0.15, -0.1) is 0 Å². The lowest BCUT2D eigenvalue weighted by Gasteiger charge is -2.13. The van der Waals surface area contributed by atoms with Gasteiger partial charge in [0.15, 0.2) is 16.6 Å². The summed E-state index contributed by atoms with van der Waals surface area (Å²) in [7, 11) is 0. The molecule has 4 nitrogen and oxygen atoms in total. The Balaban J connectivity index is 1.58. The lowest BCUT2D eigenvalue weighted by atomic mass is 10.1. The van der Waals surface area contributed by atoms with Crippen LogP contribution in [0.2, 0.25) is 0 Å². The molecule has 1 aromatic heterocycles. The number of hydrogen-bond donors (Lipinski definition) is 1. The lowest BCUT2D eigenvalue weighted by molar-refractivity contribution is 0.174. The third-order valence-electron chi connectivity index (χ3n) is 3.53. The minimum Gasteiger partial charge on any atom is -0.454 e. The topological polar surface area (TPSA) is 43.4 Å². The predicted molar refractivity (Wildman–Crippen MR) is 84.2 cm³/mol. The first kappa shape index (κ1) is 12.5. The van der Waals surface area contributed by atoms with E-state index < -0.39 is 0 Å². The van der Waals surface area contributed by atoms with Gasteiger partial charge in [0.1, 0.15) is 0 Å². The average Bonchev–Trinajstić information content (AvgIpc) is 3.11. The van der Waals surface area contributed by atoms with Crippen LogP contribution < -0.4 is 14.8 Å². The van der Waals surface area contributed by atoms with Crippen LogP contribution in [0.1, 0.15) is 18.5 Å². The highest BCUT2D eigenvalue weighted by Gasteiger charge is 2.16. The Morgan fingerprint density at radius 2 is 2.00 bits per heavy atom. The molecule has 1 unspecified atom stereocenters. The maximum atomic E-state index is 5.42. The number of thiazole rings is 1. The first-order valence-corrected chi connectivity index (χ1v) is 7.63. The van der Waals surface area contributed by atoms with Crippen molar-refractivity contribution in [2.75, 3.05) is 12.1 Å². The smallest absolute Gasteiger partial charge is 0.231 e. The number of anilines is 1. The Bertz CT molecular complexity index is 767. The number of hydrogen-bond acceptors (Lipinski definition) is 5. The van der Waals surface area contributed by atoms with Crippen molar-refractivity contribution in [3.63, 3.8) is 0 Å². The number of rotatable bonds is 3. The summed E-state index contributed by atoms with van der Waals surface area (Å²) in [6, 6.07) is 14.3. The van der Waals surface area contributed by atoms with Gasteiger partial charge in [0, 0.05) is 0 Å². The highest BCUT2D eigenvalue weighted by Crippen LogP contribution is 2.35. The van der Waals surface area contributed by atoms with Gasteiger partial charge < -0.3 is 14.8 Å². The summed E-state index contributed by atoms with van der Waals surface area (Å²) in [5, 5.41) is 4.38. The average molecular weight is 298 g/mol. The molecule has 0 bridgehead atoms. The first-order chi connectivity index (χ1) is 10.3. The van der Waals surface area contributed by atoms with Crippen molar-refractivity contribution < 1.29 is 9.47 Å². The summed E-state index contributed by atoms with van der Waals surface area (Å²) < 4.78 is 12.0. The molecule has 0 saturated carbocycles. The van der Waals surface area contributed by atoms with Gasteiger partial charge in [0.2, 0.25) is 6.79 Å². The van der Waals surface area contributed by atoms with E-state index in [2.05, 4.69) is 29.4 Å². The van der Waals surface area contributed by atoms with Crippen molar-refractivity contribution in [1.29, 1.82) is 0 Å². The molecule has 1 aliphatic rings. The number of benzene rings is 2. The van der Waals surface area contributed by atoms with Crippen LogP contribution in [0.15, 0.2) is 42.5 Å². The van der Waals surface area contributed by atoms with Crippen molar-refractivity contribution in [2.24, 2.45) is 0 Å². The zero-order valence-electron chi connectivity index (χ0n) is 11.5. The highest BCUT2D eigenvalue weighted by atomic mass is 32.1. The van der Waals surface area contributed by atoms with E-state index in [1.54, 1.807) is 11.3 Å². The maximum absolute atomic E-state index is 5.42. The fourth-order valence-electron chi connectivity index (χ4n) is 2.38. The molecule has 4 rings (SSSR count). The van der Waals surface area contributed by atoms with E-state index in [0.29, 0.717) is 6.79 Å². The third kappa shape index (κ3) is 2.29. The summed E-state index contributed by atoms with van der Waals surface area (Å²) in [5.74, 6) is 1.62. The van der Waals surface area contributed by atoms with Crippen molar-refractivity contribution in [2.45, 2.75) is 13.0 Å². The number of fused-ring (bicyclic) bond motifs is 2. The SMILES string of the molecule is CC(Nc1nc2ccccc2s1)c1ccc2c(c1)OCO2. The Morgan fingerprint density at radius 3 is 2.90 bits per heavy atom. The van der Waals surface area contributed by atoms with E-state index in [1.807, 2.05) is 30.3 Å². The molecule has 0 saturated heterocycles. The predicted octanol–water partition coefficient (Wildman–Crippen LogP) is 4.20. The summed E-state index contributed by atoms with van der Waals surface area (Å²) in [6.07, 6.45) is 0. The largest absolute Gasteiger partial charge is 0.454 e. The number of ether oxygens (including phenoxy) is 2. The van der Waals surface area contributed by atoms with Crippen LogP contribution in [-0.2, 0) is 0 Å². The second kappa shape index (κ2) is 4.93. The van der Waals surface area contributed by atoms with Crippen molar-refractivity contribution in [3.8, 4) is 11.5 Å². The molecule has 0 amide bonds. The van der Waals surface area contributed by atoms with Gasteiger partial charge in [-0.3, -0.25) is 0 Å². The van der Waals surface area contributed by atoms with Crippen LogP contribution in [0.25, 0.3) is 10.2 Å². The van der Waals surface area contributed by atoms with Gasteiger partial charge in [-0.1, -0.05) is 29.5 Å². The number of nitrogens with zero attached hydrogens (tertiary/aromatic N) is 1. The van der Waals surface area contributed by atoms with Crippen LogP contribution in [0.4, 0.5) is 5.13 Å². The molecule has 5 heteroatoms. The van der Waals surface area contributed by atoms with Gasteiger partial charge in [-0.25, -0.2) is 4.98 Å². The summed E-state index contributed by atoms with van der Waals surface area (Å²) in [4.78, 5) is 4.60. The highest BCUT2D eigenvalue weighted by molar-refractivity contribution is 7.22. The van der Waals surface area contributed by atoms with Crippen molar-refractivity contribution >= 4 is 26.7 Å². The molecule has 0 radical (unpaired) electrons. The lowest BCUT2D eigenvalue weighted by Crippen LogP contribution is -2.06. The molecule has 0 fully saturated rings. The molecule has 0 aliphatic carbocycles. The molecule has 1 aliphatic heterocycles. The monoisotopic (exact) mass is 298 g/mol. The molecular weight excluding hydrogens is 284 g/mol. The first-order valence-electron chi connectivity index (χ1n) is 6.81. The summed E-state index contributed by atoms with van der Waals surface area (Å²) in [6.45, 7) is 2.42. The fraction of sp³-hybridized carbons (Fsp3) is 0.188. The van der Waals surface area contributed by atoms with Gasteiger partial charge >= 0.3 is 0 Å². The maximum Gasteiger partial charge on any atom is 0.231 e. The number of nitrogens with one attached hydrogen (secondary N) is 1. The Morgan fingerprint density at radius 1 is 1.14 bits per heavy atom. The Hall–Kier alpha value is -2.27. The van der Waals surface area contributed by atoms with Gasteiger partial charge in [-0.05, 0) is 36.8 Å². The van der Waals surface area contributed by atoms with E-state index in [0.717, 1.165) is 27.7 Å². The molecule has 1 N–H and O–H groups in total. The summed E-state index contributed by atoms with van der Waals surface area (Å²) in [5.41, 5.74) is 2.18. The van der Waals surface area contributed by atoms with Crippen molar-refractivity contribution in [1.82, 2.24) is 4.98 Å². The van der Waals surface area contributed by atoms with Crippen LogP contribution >= 0.6 is 11.3 Å². The van der Waals surface area contributed by atoms with Gasteiger partial charge in [-0.2, -0.15) is 0 Å². The molecule has 106 valence electrons. The Labute approximate surface area is 126 Å². The number of aromatic nitrogens is 1. The second-order valence-electron chi connectivity index (χ2n) is 4.97. The minimum absolute atomic E-state index is 0.153. The summed E-state index contributed by atoms with van der Waals surface area (Å²) >= 11 is 1.67. The van der Waals surface area contributed by atoms with Crippen LogP contribution in [0.3, 0.4) is 0 Å².